The van der Waals surface area contributed by atoms with Gasteiger partial charge < -0.3 is 10.6 Å². The largest absolute Gasteiger partial charge is 0.707 e. The number of nitrogens with zero attached hydrogens (tertiary/aromatic N) is 2. The van der Waals surface area contributed by atoms with Gasteiger partial charge in [0.05, 0.1) is 0 Å². The average molecular weight is 246 g/mol. The van der Waals surface area contributed by atoms with Gasteiger partial charge in [0.1, 0.15) is 0 Å². The molecular formula is C3H4N2Y2-2. The van der Waals surface area contributed by atoms with Crippen molar-refractivity contribution in [1.29, 1.82) is 0 Å². The average Bonchev–Trinajstić information content (AvgIpc) is 1.76. The van der Waals surface area contributed by atoms with E-state index < -0.39 is 0 Å². The number of hydrogen-bond donors (Lipinski definition) is 0. The molecule has 0 spiro atoms. The maximum Gasteiger partial charge on any atom is 0 e. The second-order valence-electron chi connectivity index (χ2n) is 0.805. The molecule has 0 unspecified atom stereocenters. The summed E-state index contributed by atoms with van der Waals surface area (Å²) in [5.74, 6) is 0. The van der Waals surface area contributed by atoms with Crippen LogP contribution in [0.1, 0.15) is 0 Å². The van der Waals surface area contributed by atoms with Crippen LogP contribution in [0.25, 0.3) is 10.6 Å². The predicted molar refractivity (Wildman–Crippen MR) is 20.7 cm³/mol. The molecule has 1 heterocycles. The second-order valence-corrected chi connectivity index (χ2v) is 0.805. The van der Waals surface area contributed by atoms with Gasteiger partial charge in [-0.2, -0.15) is 0 Å². The molecule has 1 aliphatic rings. The van der Waals surface area contributed by atoms with Crippen LogP contribution in [0.4, 0.5) is 0 Å². The summed E-state index contributed by atoms with van der Waals surface area (Å²) in [5, 5.41) is 7.47. The van der Waals surface area contributed by atoms with Gasteiger partial charge in [0, 0.05) is 65.4 Å². The maximum absolute atomic E-state index is 3.74. The van der Waals surface area contributed by atoms with Crippen molar-refractivity contribution in [3.63, 3.8) is 0 Å². The Bertz CT molecular complexity index is 48.9. The van der Waals surface area contributed by atoms with Crippen molar-refractivity contribution in [3.05, 3.63) is 23.0 Å². The van der Waals surface area contributed by atoms with E-state index in [2.05, 4.69) is 10.6 Å². The Hall–Kier alpha value is 1.55. The molecule has 2 nitrogen and oxygen atoms in total. The summed E-state index contributed by atoms with van der Waals surface area (Å²) in [6.07, 6.45) is 3.39. The molecule has 4 heteroatoms. The molecule has 0 saturated heterocycles. The van der Waals surface area contributed by atoms with Crippen molar-refractivity contribution in [2.75, 3.05) is 6.67 Å². The maximum atomic E-state index is 3.74. The van der Waals surface area contributed by atoms with Crippen molar-refractivity contribution in [2.45, 2.75) is 0 Å². The fraction of sp³-hybridized carbons (Fsp3) is 0.333. The van der Waals surface area contributed by atoms with Crippen molar-refractivity contribution in [1.82, 2.24) is 0 Å². The van der Waals surface area contributed by atoms with Crippen LogP contribution in [-0.2, 0) is 65.4 Å². The van der Waals surface area contributed by atoms with E-state index in [0.717, 1.165) is 0 Å². The molecule has 7 heavy (non-hydrogen) atoms. The van der Waals surface area contributed by atoms with Crippen LogP contribution in [-0.4, -0.2) is 6.67 Å². The van der Waals surface area contributed by atoms with E-state index >= 15 is 0 Å². The molecule has 0 amide bonds. The Morgan fingerprint density at radius 1 is 1.00 bits per heavy atom. The Kier molecular flexibility index (Phi) is 12.2. The Balaban J connectivity index is 0. The van der Waals surface area contributed by atoms with Gasteiger partial charge >= 0.3 is 0 Å². The topological polar surface area (TPSA) is 28.2 Å². The first-order valence-electron chi connectivity index (χ1n) is 1.48. The summed E-state index contributed by atoms with van der Waals surface area (Å²) in [6.45, 7) is 0.639. The van der Waals surface area contributed by atoms with Gasteiger partial charge in [-0.3, -0.25) is 0 Å². The molecule has 0 atom stereocenters. The molecule has 0 aromatic heterocycles. The minimum atomic E-state index is 0. The number of rotatable bonds is 0. The Morgan fingerprint density at radius 3 is 1.57 bits per heavy atom. The first kappa shape index (κ1) is 11.4. The van der Waals surface area contributed by atoms with E-state index in [0.29, 0.717) is 6.67 Å². The van der Waals surface area contributed by atoms with Crippen LogP contribution in [0.5, 0.6) is 0 Å². The third-order valence-electron chi connectivity index (χ3n) is 0.441. The van der Waals surface area contributed by atoms with E-state index in [-0.39, 0.29) is 65.4 Å². The minimum Gasteiger partial charge on any atom is -0.707 e. The van der Waals surface area contributed by atoms with Crippen molar-refractivity contribution in [3.8, 4) is 0 Å². The molecular weight excluding hydrogens is 242 g/mol. The monoisotopic (exact) mass is 246 g/mol. The zero-order valence-electron chi connectivity index (χ0n) is 3.91. The zero-order chi connectivity index (χ0) is 3.54. The third-order valence-corrected chi connectivity index (χ3v) is 0.441. The molecule has 0 aliphatic carbocycles. The van der Waals surface area contributed by atoms with Crippen LogP contribution in [0.15, 0.2) is 12.4 Å². The summed E-state index contributed by atoms with van der Waals surface area (Å²) < 4.78 is 0. The second kappa shape index (κ2) is 7.55. The van der Waals surface area contributed by atoms with Gasteiger partial charge in [-0.15, -0.1) is 0 Å². The first-order chi connectivity index (χ1) is 2.50. The van der Waals surface area contributed by atoms with E-state index in [1.54, 1.807) is 12.4 Å². The minimum absolute atomic E-state index is 0. The summed E-state index contributed by atoms with van der Waals surface area (Å²) in [7, 11) is 0. The van der Waals surface area contributed by atoms with Gasteiger partial charge in [-0.1, -0.05) is 0 Å². The Morgan fingerprint density at radius 2 is 1.43 bits per heavy atom. The van der Waals surface area contributed by atoms with Crippen molar-refractivity contribution < 1.29 is 65.4 Å². The molecule has 0 saturated carbocycles. The van der Waals surface area contributed by atoms with Gasteiger partial charge in [-0.05, 0) is 0 Å². The molecule has 2 radical (unpaired) electrons. The Labute approximate surface area is 93.6 Å². The van der Waals surface area contributed by atoms with Crippen LogP contribution in [0.3, 0.4) is 0 Å². The fourth-order valence-corrected chi connectivity index (χ4v) is 0.236. The van der Waals surface area contributed by atoms with E-state index in [1.807, 2.05) is 0 Å². The summed E-state index contributed by atoms with van der Waals surface area (Å²) in [5.41, 5.74) is 0. The molecule has 0 bridgehead atoms. The SMILES string of the molecule is C1=C[N-]C[N-]1.[Y].[Y]. The zero-order valence-corrected chi connectivity index (χ0v) is 9.59. The molecule has 0 aromatic rings. The number of hydrogen-bond acceptors (Lipinski definition) is 0. The molecule has 0 N–H and O–H groups in total. The molecule has 1 rings (SSSR count). The normalized spacial score (nSPS) is 12.6. The smallest absolute Gasteiger partial charge is 0 e. The van der Waals surface area contributed by atoms with Gasteiger partial charge in [0.15, 0.2) is 0 Å². The summed E-state index contributed by atoms with van der Waals surface area (Å²) in [6, 6.07) is 0. The molecule has 0 fully saturated rings. The summed E-state index contributed by atoms with van der Waals surface area (Å²) in [4.78, 5) is 0. The van der Waals surface area contributed by atoms with Gasteiger partial charge in [0.25, 0.3) is 0 Å². The van der Waals surface area contributed by atoms with E-state index in [9.17, 15) is 0 Å². The quantitative estimate of drug-likeness (QED) is 0.613. The van der Waals surface area contributed by atoms with Crippen molar-refractivity contribution >= 4 is 0 Å². The predicted octanol–water partition coefficient (Wildman–Crippen LogP) is 1.17. The van der Waals surface area contributed by atoms with Gasteiger partial charge in [0.2, 0.25) is 0 Å². The third kappa shape index (κ3) is 5.42. The van der Waals surface area contributed by atoms with Crippen LogP contribution >= 0.6 is 0 Å². The van der Waals surface area contributed by atoms with Crippen LogP contribution in [0, 0.1) is 0 Å². The van der Waals surface area contributed by atoms with Crippen LogP contribution < -0.4 is 0 Å². The fourth-order valence-electron chi connectivity index (χ4n) is 0.236. The van der Waals surface area contributed by atoms with Gasteiger partial charge in [-0.25, -0.2) is 19.1 Å². The molecule has 34 valence electrons. The van der Waals surface area contributed by atoms with Crippen LogP contribution in [0.2, 0.25) is 0 Å². The standard InChI is InChI=1S/C3H4N2.2Y/c1-2-5-3-4-1;;/h1-2H,3H2;;/q-2;;. The van der Waals surface area contributed by atoms with Crippen molar-refractivity contribution in [2.24, 2.45) is 0 Å². The molecule has 1 aliphatic heterocycles. The first-order valence-corrected chi connectivity index (χ1v) is 1.48. The summed E-state index contributed by atoms with van der Waals surface area (Å²) >= 11 is 0. The van der Waals surface area contributed by atoms with E-state index in [4.69, 9.17) is 0 Å². The molecule has 0 aromatic carbocycles. The van der Waals surface area contributed by atoms with E-state index in [1.165, 1.54) is 0 Å².